The van der Waals surface area contributed by atoms with Crippen LogP contribution in [0.15, 0.2) is 34.7 Å². The van der Waals surface area contributed by atoms with Crippen molar-refractivity contribution < 1.29 is 18.7 Å². The van der Waals surface area contributed by atoms with Crippen LogP contribution in [0.3, 0.4) is 0 Å². The third kappa shape index (κ3) is 3.92. The maximum absolute atomic E-state index is 13.0. The number of benzene rings is 1. The Kier molecular flexibility index (Phi) is 5.14. The van der Waals surface area contributed by atoms with Gasteiger partial charge in [-0.05, 0) is 36.6 Å². The lowest BCUT2D eigenvalue weighted by atomic mass is 10.2. The molecule has 0 aliphatic carbocycles. The maximum Gasteiger partial charge on any atom is 0.334 e. The van der Waals surface area contributed by atoms with E-state index in [2.05, 4.69) is 5.32 Å². The first kappa shape index (κ1) is 15.7. The first-order chi connectivity index (χ1) is 10.0. The Morgan fingerprint density at radius 3 is 2.86 bits per heavy atom. The predicted molar refractivity (Wildman–Crippen MR) is 81.3 cm³/mol. The van der Waals surface area contributed by atoms with Gasteiger partial charge in [-0.1, -0.05) is 11.6 Å². The molecule has 21 heavy (non-hydrogen) atoms. The third-order valence-electron chi connectivity index (χ3n) is 2.73. The molecule has 0 bridgehead atoms. The second-order valence-electron chi connectivity index (χ2n) is 4.28. The van der Waals surface area contributed by atoms with Crippen LogP contribution in [0, 0.1) is 5.82 Å². The zero-order valence-corrected chi connectivity index (χ0v) is 12.7. The average Bonchev–Trinajstić information content (AvgIpc) is 2.86. The van der Waals surface area contributed by atoms with Crippen molar-refractivity contribution >= 4 is 35.0 Å². The standard InChI is InChI=1S/C14H13ClFNO3S/c1-21-7-9-3-5-12(20-9)13(14(18)19)17-11-4-2-8(16)6-10(11)15/h2-6,13,17H,7H2,1H3,(H,18,19). The molecule has 112 valence electrons. The Bertz CT molecular complexity index is 647. The van der Waals surface area contributed by atoms with Gasteiger partial charge in [0.2, 0.25) is 0 Å². The van der Waals surface area contributed by atoms with Gasteiger partial charge in [0.15, 0.2) is 6.04 Å². The van der Waals surface area contributed by atoms with E-state index >= 15 is 0 Å². The van der Waals surface area contributed by atoms with Gasteiger partial charge < -0.3 is 14.8 Å². The Labute approximate surface area is 130 Å². The van der Waals surface area contributed by atoms with Crippen LogP contribution in [0.5, 0.6) is 0 Å². The lowest BCUT2D eigenvalue weighted by Gasteiger charge is -2.14. The minimum Gasteiger partial charge on any atom is -0.479 e. The van der Waals surface area contributed by atoms with Crippen molar-refractivity contribution in [2.75, 3.05) is 11.6 Å². The molecule has 0 amide bonds. The quantitative estimate of drug-likeness (QED) is 0.832. The van der Waals surface area contributed by atoms with Crippen LogP contribution in [0.1, 0.15) is 17.6 Å². The molecular formula is C14H13ClFNO3S. The number of nitrogens with one attached hydrogen (secondary N) is 1. The van der Waals surface area contributed by atoms with Crippen molar-refractivity contribution in [1.82, 2.24) is 0 Å². The number of carbonyl (C=O) groups is 1. The summed E-state index contributed by atoms with van der Waals surface area (Å²) < 4.78 is 18.5. The van der Waals surface area contributed by atoms with Crippen molar-refractivity contribution in [3.63, 3.8) is 0 Å². The summed E-state index contributed by atoms with van der Waals surface area (Å²) in [7, 11) is 0. The highest BCUT2D eigenvalue weighted by Crippen LogP contribution is 2.28. The fraction of sp³-hybridized carbons (Fsp3) is 0.214. The monoisotopic (exact) mass is 329 g/mol. The van der Waals surface area contributed by atoms with Gasteiger partial charge in [-0.2, -0.15) is 11.8 Å². The van der Waals surface area contributed by atoms with Crippen molar-refractivity contribution in [2.45, 2.75) is 11.8 Å². The summed E-state index contributed by atoms with van der Waals surface area (Å²) >= 11 is 7.46. The number of hydrogen-bond acceptors (Lipinski definition) is 4. The van der Waals surface area contributed by atoms with Crippen LogP contribution in [0.25, 0.3) is 0 Å². The minimum atomic E-state index is -1.11. The smallest absolute Gasteiger partial charge is 0.334 e. The van der Waals surface area contributed by atoms with E-state index in [0.29, 0.717) is 17.2 Å². The SMILES string of the molecule is CSCc1ccc(C(Nc2ccc(F)cc2Cl)C(=O)O)o1. The molecule has 0 spiro atoms. The number of aliphatic carboxylic acids is 1. The molecule has 2 rings (SSSR count). The predicted octanol–water partition coefficient (Wildman–Crippen LogP) is 4.17. The third-order valence-corrected chi connectivity index (χ3v) is 3.62. The molecule has 2 N–H and O–H groups in total. The number of halogens is 2. The molecule has 0 saturated heterocycles. The molecular weight excluding hydrogens is 317 g/mol. The van der Waals surface area contributed by atoms with Gasteiger partial charge in [0, 0.05) is 0 Å². The van der Waals surface area contributed by atoms with E-state index in [1.54, 1.807) is 23.9 Å². The molecule has 1 aromatic carbocycles. The van der Waals surface area contributed by atoms with Crippen LogP contribution in [-0.4, -0.2) is 17.3 Å². The molecule has 0 aliphatic rings. The highest BCUT2D eigenvalue weighted by molar-refractivity contribution is 7.97. The van der Waals surface area contributed by atoms with Crippen molar-refractivity contribution in [2.24, 2.45) is 0 Å². The summed E-state index contributed by atoms with van der Waals surface area (Å²) in [5, 5.41) is 12.2. The van der Waals surface area contributed by atoms with E-state index < -0.39 is 17.8 Å². The highest BCUT2D eigenvalue weighted by Gasteiger charge is 2.24. The van der Waals surface area contributed by atoms with Crippen LogP contribution >= 0.6 is 23.4 Å². The van der Waals surface area contributed by atoms with Crippen LogP contribution in [0.2, 0.25) is 5.02 Å². The number of hydrogen-bond donors (Lipinski definition) is 2. The summed E-state index contributed by atoms with van der Waals surface area (Å²) in [5.41, 5.74) is 0.327. The molecule has 0 aliphatic heterocycles. The van der Waals surface area contributed by atoms with Crippen LogP contribution in [-0.2, 0) is 10.5 Å². The molecule has 1 aromatic heterocycles. The fourth-order valence-electron chi connectivity index (χ4n) is 1.79. The van der Waals surface area contributed by atoms with Gasteiger partial charge in [-0.3, -0.25) is 0 Å². The van der Waals surface area contributed by atoms with E-state index in [9.17, 15) is 14.3 Å². The van der Waals surface area contributed by atoms with Gasteiger partial charge in [-0.25, -0.2) is 9.18 Å². The van der Waals surface area contributed by atoms with E-state index in [1.165, 1.54) is 12.1 Å². The van der Waals surface area contributed by atoms with Crippen molar-refractivity contribution in [3.8, 4) is 0 Å². The average molecular weight is 330 g/mol. The van der Waals surface area contributed by atoms with E-state index in [4.69, 9.17) is 16.0 Å². The van der Waals surface area contributed by atoms with E-state index in [1.807, 2.05) is 6.26 Å². The van der Waals surface area contributed by atoms with Crippen molar-refractivity contribution in [1.29, 1.82) is 0 Å². The molecule has 2 aromatic rings. The molecule has 1 atom stereocenters. The zero-order chi connectivity index (χ0) is 15.4. The highest BCUT2D eigenvalue weighted by atomic mass is 35.5. The molecule has 0 saturated carbocycles. The summed E-state index contributed by atoms with van der Waals surface area (Å²) in [5.74, 6) is 0.0183. The molecule has 0 radical (unpaired) electrons. The summed E-state index contributed by atoms with van der Waals surface area (Å²) in [6.07, 6.45) is 1.92. The lowest BCUT2D eigenvalue weighted by molar-refractivity contribution is -0.138. The van der Waals surface area contributed by atoms with Gasteiger partial charge in [-0.15, -0.1) is 0 Å². The largest absolute Gasteiger partial charge is 0.479 e. The van der Waals surface area contributed by atoms with Crippen LogP contribution < -0.4 is 5.32 Å². The minimum absolute atomic E-state index is 0.108. The van der Waals surface area contributed by atoms with Gasteiger partial charge in [0.05, 0.1) is 16.5 Å². The van der Waals surface area contributed by atoms with E-state index in [-0.39, 0.29) is 10.8 Å². The number of anilines is 1. The number of carboxylic acid groups (broad SMARTS) is 1. The topological polar surface area (TPSA) is 62.5 Å². The van der Waals surface area contributed by atoms with E-state index in [0.717, 1.165) is 6.07 Å². The molecule has 1 unspecified atom stereocenters. The Balaban J connectivity index is 2.24. The first-order valence-corrected chi connectivity index (χ1v) is 7.80. The van der Waals surface area contributed by atoms with Gasteiger partial charge in [0.1, 0.15) is 17.3 Å². The van der Waals surface area contributed by atoms with Gasteiger partial charge >= 0.3 is 5.97 Å². The molecule has 0 fully saturated rings. The summed E-state index contributed by atoms with van der Waals surface area (Å²) in [6, 6.07) is 5.95. The number of carboxylic acids is 1. The number of rotatable bonds is 6. The summed E-state index contributed by atoms with van der Waals surface area (Å²) in [4.78, 5) is 11.4. The molecule has 4 nitrogen and oxygen atoms in total. The molecule has 1 heterocycles. The fourth-order valence-corrected chi connectivity index (χ4v) is 2.45. The number of furan rings is 1. The Morgan fingerprint density at radius 2 is 2.24 bits per heavy atom. The second kappa shape index (κ2) is 6.87. The second-order valence-corrected chi connectivity index (χ2v) is 5.55. The Hall–Kier alpha value is -1.66. The molecule has 7 heteroatoms. The Morgan fingerprint density at radius 1 is 1.48 bits per heavy atom. The summed E-state index contributed by atoms with van der Waals surface area (Å²) in [6.45, 7) is 0. The van der Waals surface area contributed by atoms with Crippen molar-refractivity contribution in [3.05, 3.63) is 52.7 Å². The number of thioether (sulfide) groups is 1. The maximum atomic E-state index is 13.0. The lowest BCUT2D eigenvalue weighted by Crippen LogP contribution is -2.20. The van der Waals surface area contributed by atoms with Gasteiger partial charge in [0.25, 0.3) is 0 Å². The first-order valence-electron chi connectivity index (χ1n) is 6.03. The van der Waals surface area contributed by atoms with Crippen LogP contribution in [0.4, 0.5) is 10.1 Å². The zero-order valence-electron chi connectivity index (χ0n) is 11.1. The normalized spacial score (nSPS) is 12.1.